The minimum Gasteiger partial charge on any atom is -0.390 e. The van der Waals surface area contributed by atoms with Gasteiger partial charge in [-0.2, -0.15) is 0 Å². The highest BCUT2D eigenvalue weighted by atomic mass is 35.5. The van der Waals surface area contributed by atoms with Gasteiger partial charge in [0.2, 0.25) is 0 Å². The molecule has 0 aliphatic heterocycles. The van der Waals surface area contributed by atoms with Crippen LogP contribution in [0.5, 0.6) is 0 Å². The third-order valence-corrected chi connectivity index (χ3v) is 2.86. The number of hydrogen-bond acceptors (Lipinski definition) is 4. The first kappa shape index (κ1) is 11.3. The summed E-state index contributed by atoms with van der Waals surface area (Å²) < 4.78 is 0.428. The van der Waals surface area contributed by atoms with Gasteiger partial charge >= 0.3 is 0 Å². The van der Waals surface area contributed by atoms with E-state index in [9.17, 15) is 10.2 Å². The Kier molecular flexibility index (Phi) is 4.19. The molecule has 1 rings (SSSR count). The second-order valence-electron chi connectivity index (χ2n) is 2.58. The lowest BCUT2D eigenvalue weighted by Gasteiger charge is -2.14. The van der Waals surface area contributed by atoms with E-state index in [1.165, 1.54) is 11.3 Å². The molecule has 0 bridgehead atoms. The highest BCUT2D eigenvalue weighted by Crippen LogP contribution is 2.30. The molecule has 1 aromatic heterocycles. The number of halogens is 1. The van der Waals surface area contributed by atoms with Crippen molar-refractivity contribution < 1.29 is 10.2 Å². The van der Waals surface area contributed by atoms with Gasteiger partial charge in [0.05, 0.1) is 17.0 Å². The maximum absolute atomic E-state index is 9.57. The number of nitrogens with zero attached hydrogens (tertiary/aromatic N) is 3. The summed E-state index contributed by atoms with van der Waals surface area (Å²) in [4.78, 5) is 2.49. The molecular formula is C7H8ClN3O2S. The molecule has 14 heavy (non-hydrogen) atoms. The Morgan fingerprint density at radius 1 is 1.64 bits per heavy atom. The average molecular weight is 234 g/mol. The summed E-state index contributed by atoms with van der Waals surface area (Å²) in [7, 11) is 0. The standard InChI is InChI=1S/C7H8ClN3O2S/c8-7-4(1-2-14-7)6(13)5(12)3-10-11-9/h1-2,5-6,12-13H,3H2. The van der Waals surface area contributed by atoms with Crippen molar-refractivity contribution in [3.8, 4) is 0 Å². The van der Waals surface area contributed by atoms with Crippen LogP contribution in [-0.4, -0.2) is 22.9 Å². The molecule has 0 saturated heterocycles. The summed E-state index contributed by atoms with van der Waals surface area (Å²) in [5.74, 6) is 0. The van der Waals surface area contributed by atoms with Crippen molar-refractivity contribution in [3.05, 3.63) is 31.8 Å². The van der Waals surface area contributed by atoms with E-state index < -0.39 is 12.2 Å². The van der Waals surface area contributed by atoms with Crippen molar-refractivity contribution >= 4 is 22.9 Å². The van der Waals surface area contributed by atoms with Crippen LogP contribution in [-0.2, 0) is 0 Å². The number of azide groups is 1. The van der Waals surface area contributed by atoms with Gasteiger partial charge < -0.3 is 10.2 Å². The van der Waals surface area contributed by atoms with E-state index in [4.69, 9.17) is 17.1 Å². The fraction of sp³-hybridized carbons (Fsp3) is 0.429. The SMILES string of the molecule is [N-]=[N+]=NCC(O)C(O)c1ccsc1Cl. The molecule has 0 aliphatic carbocycles. The predicted octanol–water partition coefficient (Wildman–Crippen LogP) is 2.11. The lowest BCUT2D eigenvalue weighted by molar-refractivity contribution is 0.0247. The molecule has 1 aromatic rings. The van der Waals surface area contributed by atoms with E-state index in [0.717, 1.165) is 0 Å². The summed E-state index contributed by atoms with van der Waals surface area (Å²) in [5, 5.41) is 23.8. The van der Waals surface area contributed by atoms with Crippen molar-refractivity contribution in [2.75, 3.05) is 6.54 Å². The number of rotatable bonds is 4. The predicted molar refractivity (Wildman–Crippen MR) is 54.3 cm³/mol. The van der Waals surface area contributed by atoms with Crippen LogP contribution >= 0.6 is 22.9 Å². The summed E-state index contributed by atoms with van der Waals surface area (Å²) in [6.07, 6.45) is -2.24. The largest absolute Gasteiger partial charge is 0.390 e. The maximum Gasteiger partial charge on any atom is 0.107 e. The second-order valence-corrected chi connectivity index (χ2v) is 4.09. The summed E-state index contributed by atoms with van der Waals surface area (Å²) in [6, 6.07) is 1.62. The topological polar surface area (TPSA) is 89.2 Å². The van der Waals surface area contributed by atoms with E-state index >= 15 is 0 Å². The first-order chi connectivity index (χ1) is 6.66. The maximum atomic E-state index is 9.57. The Balaban J connectivity index is 2.69. The molecule has 0 radical (unpaired) electrons. The Morgan fingerprint density at radius 3 is 2.86 bits per heavy atom. The molecule has 1 heterocycles. The van der Waals surface area contributed by atoms with E-state index in [0.29, 0.717) is 9.90 Å². The summed E-state index contributed by atoms with van der Waals surface area (Å²) in [5.41, 5.74) is 8.48. The highest BCUT2D eigenvalue weighted by Gasteiger charge is 2.20. The van der Waals surface area contributed by atoms with E-state index in [1.807, 2.05) is 0 Å². The van der Waals surface area contributed by atoms with Gasteiger partial charge in [-0.05, 0) is 17.0 Å². The van der Waals surface area contributed by atoms with Gasteiger partial charge in [0.15, 0.2) is 0 Å². The van der Waals surface area contributed by atoms with Gasteiger partial charge in [-0.3, -0.25) is 0 Å². The molecule has 7 heteroatoms. The van der Waals surface area contributed by atoms with Crippen molar-refractivity contribution in [3.63, 3.8) is 0 Å². The van der Waals surface area contributed by atoms with E-state index in [1.54, 1.807) is 11.4 Å². The number of aliphatic hydroxyl groups excluding tert-OH is 2. The zero-order valence-corrected chi connectivity index (χ0v) is 8.61. The van der Waals surface area contributed by atoms with E-state index in [-0.39, 0.29) is 6.54 Å². The molecule has 2 unspecified atom stereocenters. The van der Waals surface area contributed by atoms with Gasteiger partial charge in [0.25, 0.3) is 0 Å². The lowest BCUT2D eigenvalue weighted by atomic mass is 10.1. The van der Waals surface area contributed by atoms with Gasteiger partial charge in [0.1, 0.15) is 6.10 Å². The van der Waals surface area contributed by atoms with Crippen molar-refractivity contribution in [2.24, 2.45) is 5.11 Å². The minimum absolute atomic E-state index is 0.177. The molecule has 0 aromatic carbocycles. The third-order valence-electron chi connectivity index (χ3n) is 1.66. The molecule has 0 saturated carbocycles. The van der Waals surface area contributed by atoms with Gasteiger partial charge in [-0.15, -0.1) is 11.3 Å². The fourth-order valence-corrected chi connectivity index (χ4v) is 1.93. The zero-order valence-electron chi connectivity index (χ0n) is 7.04. The number of aliphatic hydroxyl groups is 2. The first-order valence-electron chi connectivity index (χ1n) is 3.76. The molecule has 76 valence electrons. The van der Waals surface area contributed by atoms with Crippen molar-refractivity contribution in [2.45, 2.75) is 12.2 Å². The average Bonchev–Trinajstić information content (AvgIpc) is 2.59. The Morgan fingerprint density at radius 2 is 2.36 bits per heavy atom. The molecule has 0 amide bonds. The molecule has 0 spiro atoms. The second kappa shape index (κ2) is 5.19. The van der Waals surface area contributed by atoms with Crippen LogP contribution in [0.15, 0.2) is 16.6 Å². The smallest absolute Gasteiger partial charge is 0.107 e. The molecular weight excluding hydrogens is 226 g/mol. The van der Waals surface area contributed by atoms with Gasteiger partial charge in [-0.25, -0.2) is 0 Å². The first-order valence-corrected chi connectivity index (χ1v) is 5.02. The van der Waals surface area contributed by atoms with Gasteiger partial charge in [0, 0.05) is 10.5 Å². The summed E-state index contributed by atoms with van der Waals surface area (Å²) in [6.45, 7) is -0.177. The molecule has 2 atom stereocenters. The fourth-order valence-electron chi connectivity index (χ4n) is 0.943. The Bertz CT molecular complexity index is 350. The zero-order chi connectivity index (χ0) is 10.6. The van der Waals surface area contributed by atoms with Crippen LogP contribution in [0.25, 0.3) is 10.4 Å². The van der Waals surface area contributed by atoms with Crippen molar-refractivity contribution in [1.29, 1.82) is 0 Å². The third kappa shape index (κ3) is 2.60. The molecule has 0 aliphatic rings. The Labute approximate surface area is 89.2 Å². The van der Waals surface area contributed by atoms with Crippen LogP contribution in [0.2, 0.25) is 4.34 Å². The number of thiophene rings is 1. The lowest BCUT2D eigenvalue weighted by Crippen LogP contribution is -2.20. The van der Waals surface area contributed by atoms with Crippen LogP contribution in [0.3, 0.4) is 0 Å². The quantitative estimate of drug-likeness (QED) is 0.474. The molecule has 2 N–H and O–H groups in total. The van der Waals surface area contributed by atoms with Crippen LogP contribution in [0.4, 0.5) is 0 Å². The monoisotopic (exact) mass is 233 g/mol. The Hall–Kier alpha value is -0.780. The van der Waals surface area contributed by atoms with Gasteiger partial charge in [-0.1, -0.05) is 16.7 Å². The minimum atomic E-state index is -1.13. The van der Waals surface area contributed by atoms with Crippen molar-refractivity contribution in [1.82, 2.24) is 0 Å². The van der Waals surface area contributed by atoms with Crippen LogP contribution in [0.1, 0.15) is 11.7 Å². The van der Waals surface area contributed by atoms with Crippen LogP contribution < -0.4 is 0 Å². The normalized spacial score (nSPS) is 14.5. The highest BCUT2D eigenvalue weighted by molar-refractivity contribution is 7.14. The molecule has 5 nitrogen and oxygen atoms in total. The van der Waals surface area contributed by atoms with E-state index in [2.05, 4.69) is 10.0 Å². The summed E-state index contributed by atoms with van der Waals surface area (Å²) >= 11 is 7.02. The number of hydrogen-bond donors (Lipinski definition) is 2. The molecule has 0 fully saturated rings. The van der Waals surface area contributed by atoms with Crippen LogP contribution in [0, 0.1) is 0 Å².